The Bertz CT molecular complexity index is 859. The molecule has 1 heterocycles. The zero-order chi connectivity index (χ0) is 18.3. The number of rotatable bonds is 3. The lowest BCUT2D eigenvalue weighted by atomic mass is 9.99. The molecule has 2 aliphatic rings. The second-order valence-electron chi connectivity index (χ2n) is 7.21. The molecule has 0 amide bonds. The van der Waals surface area contributed by atoms with E-state index in [9.17, 15) is 4.79 Å². The van der Waals surface area contributed by atoms with E-state index in [0.717, 1.165) is 40.8 Å². The molecule has 4 nitrogen and oxygen atoms in total. The van der Waals surface area contributed by atoms with Crippen LogP contribution in [0.25, 0.3) is 0 Å². The Labute approximate surface area is 158 Å². The van der Waals surface area contributed by atoms with E-state index in [1.165, 1.54) is 0 Å². The van der Waals surface area contributed by atoms with Gasteiger partial charge >= 0.3 is 0 Å². The summed E-state index contributed by atoms with van der Waals surface area (Å²) in [6.45, 7) is 4.73. The van der Waals surface area contributed by atoms with E-state index in [2.05, 4.69) is 0 Å². The topological polar surface area (TPSA) is 44.8 Å². The maximum absolute atomic E-state index is 12.9. The Hall–Kier alpha value is -1.88. The van der Waals surface area contributed by atoms with Gasteiger partial charge in [-0.25, -0.2) is 0 Å². The summed E-state index contributed by atoms with van der Waals surface area (Å²) in [6.07, 6.45) is 1.48. The highest BCUT2D eigenvalue weighted by atomic mass is 35.5. The molecule has 2 aromatic rings. The fourth-order valence-electron chi connectivity index (χ4n) is 3.53. The van der Waals surface area contributed by atoms with Crippen molar-refractivity contribution < 1.29 is 19.0 Å². The first kappa shape index (κ1) is 17.5. The molecule has 0 bridgehead atoms. The molecular formula is C21H21ClO4. The minimum atomic E-state index is -0.554. The maximum atomic E-state index is 12.9. The van der Waals surface area contributed by atoms with E-state index in [4.69, 9.17) is 25.8 Å². The molecular weight excluding hydrogens is 352 g/mol. The van der Waals surface area contributed by atoms with Gasteiger partial charge in [0.15, 0.2) is 11.6 Å². The minimum Gasteiger partial charge on any atom is -0.491 e. The maximum Gasteiger partial charge on any atom is 0.193 e. The summed E-state index contributed by atoms with van der Waals surface area (Å²) in [5, 5.41) is 0.660. The molecule has 0 radical (unpaired) electrons. The molecule has 136 valence electrons. The van der Waals surface area contributed by atoms with Gasteiger partial charge in [0, 0.05) is 16.1 Å². The molecule has 1 aliphatic carbocycles. The van der Waals surface area contributed by atoms with Crippen LogP contribution in [0.2, 0.25) is 5.02 Å². The van der Waals surface area contributed by atoms with E-state index < -0.39 is 5.79 Å². The van der Waals surface area contributed by atoms with Crippen LogP contribution in [0.15, 0.2) is 36.4 Å². The number of carbonyl (C=O) groups excluding carboxylic acids is 1. The Morgan fingerprint density at radius 2 is 1.81 bits per heavy atom. The van der Waals surface area contributed by atoms with Crippen LogP contribution in [0.5, 0.6) is 5.75 Å². The lowest BCUT2D eigenvalue weighted by Crippen LogP contribution is -2.25. The van der Waals surface area contributed by atoms with Crippen LogP contribution in [0.3, 0.4) is 0 Å². The van der Waals surface area contributed by atoms with Crippen molar-refractivity contribution in [2.24, 2.45) is 0 Å². The Balaban J connectivity index is 1.51. The van der Waals surface area contributed by atoms with E-state index >= 15 is 0 Å². The van der Waals surface area contributed by atoms with E-state index in [1.807, 2.05) is 44.2 Å². The first-order valence-corrected chi connectivity index (χ1v) is 9.20. The number of ether oxygens (including phenoxy) is 3. The number of carbonyl (C=O) groups is 1. The molecule has 26 heavy (non-hydrogen) atoms. The quantitative estimate of drug-likeness (QED) is 0.810. The predicted octanol–water partition coefficient (Wildman–Crippen LogP) is 4.20. The number of halogens is 1. The van der Waals surface area contributed by atoms with Crippen molar-refractivity contribution in [1.82, 2.24) is 0 Å². The molecule has 0 aromatic heterocycles. The highest BCUT2D eigenvalue weighted by Crippen LogP contribution is 2.29. The standard InChI is InChI=1S/C21H21ClO4/c1-21(2)25-12-17(26-21)11-24-16-6-8-19-14(10-16)4-3-13-9-15(22)5-7-18(13)20(19)23/h5-10,17H,3-4,11-12H2,1-2H3/t17-/m0/s1. The second kappa shape index (κ2) is 6.69. The predicted molar refractivity (Wildman–Crippen MR) is 99.1 cm³/mol. The Morgan fingerprint density at radius 1 is 1.12 bits per heavy atom. The molecule has 1 fully saturated rings. The van der Waals surface area contributed by atoms with Crippen LogP contribution in [-0.2, 0) is 22.3 Å². The van der Waals surface area contributed by atoms with Crippen molar-refractivity contribution in [3.8, 4) is 5.75 Å². The van der Waals surface area contributed by atoms with Crippen LogP contribution in [0, 0.1) is 0 Å². The van der Waals surface area contributed by atoms with Gasteiger partial charge in [-0.3, -0.25) is 4.79 Å². The summed E-state index contributed by atoms with van der Waals surface area (Å²) < 4.78 is 17.2. The fraction of sp³-hybridized carbons (Fsp3) is 0.381. The average molecular weight is 373 g/mol. The van der Waals surface area contributed by atoms with Gasteiger partial charge in [-0.05, 0) is 74.2 Å². The lowest BCUT2D eigenvalue weighted by molar-refractivity contribution is -0.141. The fourth-order valence-corrected chi connectivity index (χ4v) is 3.72. The summed E-state index contributed by atoms with van der Waals surface area (Å²) in [5.41, 5.74) is 3.48. The first-order chi connectivity index (χ1) is 12.4. The zero-order valence-electron chi connectivity index (χ0n) is 14.9. The lowest BCUT2D eigenvalue weighted by Gasteiger charge is -2.17. The third kappa shape index (κ3) is 3.50. The van der Waals surface area contributed by atoms with Gasteiger partial charge in [0.1, 0.15) is 18.5 Å². The molecule has 1 aliphatic heterocycles. The van der Waals surface area contributed by atoms with Crippen molar-refractivity contribution >= 4 is 17.4 Å². The van der Waals surface area contributed by atoms with Crippen molar-refractivity contribution in [2.75, 3.05) is 13.2 Å². The van der Waals surface area contributed by atoms with Gasteiger partial charge in [-0.15, -0.1) is 0 Å². The third-order valence-corrected chi connectivity index (χ3v) is 5.04. The number of ketones is 1. The molecule has 0 saturated carbocycles. The van der Waals surface area contributed by atoms with Crippen molar-refractivity contribution in [2.45, 2.75) is 38.6 Å². The Morgan fingerprint density at radius 3 is 2.50 bits per heavy atom. The molecule has 2 aromatic carbocycles. The van der Waals surface area contributed by atoms with Crippen LogP contribution >= 0.6 is 11.6 Å². The van der Waals surface area contributed by atoms with Gasteiger partial charge in [-0.1, -0.05) is 11.6 Å². The second-order valence-corrected chi connectivity index (χ2v) is 7.65. The number of benzene rings is 2. The normalized spacial score (nSPS) is 21.0. The number of fused-ring (bicyclic) bond motifs is 2. The summed E-state index contributed by atoms with van der Waals surface area (Å²) in [7, 11) is 0. The molecule has 4 rings (SSSR count). The molecule has 0 N–H and O–H groups in total. The van der Waals surface area contributed by atoms with E-state index in [1.54, 1.807) is 6.07 Å². The highest BCUT2D eigenvalue weighted by Gasteiger charge is 2.33. The Kier molecular flexibility index (Phi) is 4.51. The largest absolute Gasteiger partial charge is 0.491 e. The molecule has 5 heteroatoms. The summed E-state index contributed by atoms with van der Waals surface area (Å²) >= 11 is 6.08. The monoisotopic (exact) mass is 372 g/mol. The van der Waals surface area contributed by atoms with E-state index in [0.29, 0.717) is 18.2 Å². The van der Waals surface area contributed by atoms with Crippen molar-refractivity contribution in [3.63, 3.8) is 0 Å². The zero-order valence-corrected chi connectivity index (χ0v) is 15.6. The molecule has 0 unspecified atom stereocenters. The van der Waals surface area contributed by atoms with Gasteiger partial charge in [0.05, 0.1) is 6.61 Å². The van der Waals surface area contributed by atoms with Crippen molar-refractivity contribution in [1.29, 1.82) is 0 Å². The van der Waals surface area contributed by atoms with Crippen molar-refractivity contribution in [3.05, 3.63) is 63.7 Å². The SMILES string of the molecule is CC1(C)OC[C@H](COc2ccc3c(c2)CCc2cc(Cl)ccc2C3=O)O1. The average Bonchev–Trinajstić information content (AvgIpc) is 2.90. The van der Waals surface area contributed by atoms with Gasteiger partial charge in [-0.2, -0.15) is 0 Å². The van der Waals surface area contributed by atoms with Gasteiger partial charge < -0.3 is 14.2 Å². The molecule has 1 atom stereocenters. The van der Waals surface area contributed by atoms with Gasteiger partial charge in [0.2, 0.25) is 0 Å². The molecule has 0 spiro atoms. The summed E-state index contributed by atoms with van der Waals surface area (Å²) in [4.78, 5) is 12.9. The van der Waals surface area contributed by atoms with Crippen LogP contribution in [-0.4, -0.2) is 30.9 Å². The highest BCUT2D eigenvalue weighted by molar-refractivity contribution is 6.30. The number of hydrogen-bond donors (Lipinski definition) is 0. The number of aryl methyl sites for hydroxylation is 2. The third-order valence-electron chi connectivity index (χ3n) is 4.80. The van der Waals surface area contributed by atoms with Crippen LogP contribution in [0.4, 0.5) is 0 Å². The smallest absolute Gasteiger partial charge is 0.193 e. The summed E-state index contributed by atoms with van der Waals surface area (Å²) in [5.74, 6) is 0.236. The minimum absolute atomic E-state index is 0.0463. The van der Waals surface area contributed by atoms with Gasteiger partial charge in [0.25, 0.3) is 0 Å². The first-order valence-electron chi connectivity index (χ1n) is 8.82. The van der Waals surface area contributed by atoms with E-state index in [-0.39, 0.29) is 11.9 Å². The van der Waals surface area contributed by atoms with Crippen LogP contribution < -0.4 is 4.74 Å². The summed E-state index contributed by atoms with van der Waals surface area (Å²) in [6, 6.07) is 11.1. The van der Waals surface area contributed by atoms with Crippen LogP contribution in [0.1, 0.15) is 40.9 Å². The number of hydrogen-bond acceptors (Lipinski definition) is 4. The molecule has 1 saturated heterocycles.